The van der Waals surface area contributed by atoms with Gasteiger partial charge in [0, 0.05) is 23.7 Å². The number of ether oxygens (including phenoxy) is 1. The maximum Gasteiger partial charge on any atom is 0.147 e. The smallest absolute Gasteiger partial charge is 0.147 e. The standard InChI is InChI=1S/C24H20FN5O/c25-20-8-16(2-4-22(20)30-11-18-10-17(30)12-31-18)24-19-7-14(1-3-21(19)28-13-29-24)15-5-6-27-23(26)9-15/h1-9,13,17-18H,10-12H2,(H2,26,27)/t17-,18-/m0/s1. The molecule has 6 nitrogen and oxygen atoms in total. The van der Waals surface area contributed by atoms with Crippen molar-refractivity contribution in [2.45, 2.75) is 18.6 Å². The average Bonchev–Trinajstić information content (AvgIpc) is 3.42. The van der Waals surface area contributed by atoms with E-state index in [1.54, 1.807) is 12.3 Å². The Hall–Kier alpha value is -3.58. The van der Waals surface area contributed by atoms with E-state index in [-0.39, 0.29) is 18.0 Å². The Morgan fingerprint density at radius 1 is 0.968 bits per heavy atom. The van der Waals surface area contributed by atoms with Gasteiger partial charge >= 0.3 is 0 Å². The van der Waals surface area contributed by atoms with Crippen LogP contribution < -0.4 is 10.6 Å². The number of nitrogen functional groups attached to an aromatic ring is 1. The first-order valence-corrected chi connectivity index (χ1v) is 10.3. The van der Waals surface area contributed by atoms with Crippen molar-refractivity contribution < 1.29 is 9.13 Å². The Balaban J connectivity index is 1.42. The van der Waals surface area contributed by atoms with Gasteiger partial charge in [0.2, 0.25) is 0 Å². The number of pyridine rings is 1. The van der Waals surface area contributed by atoms with Crippen molar-refractivity contribution >= 4 is 22.4 Å². The van der Waals surface area contributed by atoms with Gasteiger partial charge < -0.3 is 15.4 Å². The number of anilines is 2. The summed E-state index contributed by atoms with van der Waals surface area (Å²) in [4.78, 5) is 15.1. The molecule has 2 saturated heterocycles. The number of aromatic nitrogens is 3. The lowest BCUT2D eigenvalue weighted by molar-refractivity contribution is 0.0989. The predicted molar refractivity (Wildman–Crippen MR) is 118 cm³/mol. The number of halogens is 1. The first-order valence-electron chi connectivity index (χ1n) is 10.3. The number of benzene rings is 2. The van der Waals surface area contributed by atoms with Crippen LogP contribution in [0, 0.1) is 5.82 Å². The van der Waals surface area contributed by atoms with Crippen molar-refractivity contribution in [1.82, 2.24) is 15.0 Å². The van der Waals surface area contributed by atoms with Crippen LogP contribution >= 0.6 is 0 Å². The monoisotopic (exact) mass is 413 g/mol. The maximum atomic E-state index is 15.2. The third-order valence-electron chi connectivity index (χ3n) is 6.18. The molecule has 2 fully saturated rings. The van der Waals surface area contributed by atoms with Crippen LogP contribution in [0.5, 0.6) is 0 Å². The van der Waals surface area contributed by atoms with Crippen LogP contribution in [0.15, 0.2) is 61.1 Å². The Morgan fingerprint density at radius 2 is 1.84 bits per heavy atom. The van der Waals surface area contributed by atoms with Crippen LogP contribution in [0.1, 0.15) is 6.42 Å². The van der Waals surface area contributed by atoms with Crippen molar-refractivity contribution in [2.75, 3.05) is 23.8 Å². The summed E-state index contributed by atoms with van der Waals surface area (Å²) in [6.07, 6.45) is 4.39. The number of morpholine rings is 1. The van der Waals surface area contributed by atoms with E-state index in [4.69, 9.17) is 10.5 Å². The van der Waals surface area contributed by atoms with Gasteiger partial charge in [-0.25, -0.2) is 19.3 Å². The second-order valence-corrected chi connectivity index (χ2v) is 8.09. The summed E-state index contributed by atoms with van der Waals surface area (Å²) in [6, 6.07) is 15.3. The van der Waals surface area contributed by atoms with Crippen molar-refractivity contribution in [3.8, 4) is 22.4 Å². The van der Waals surface area contributed by atoms with E-state index in [0.29, 0.717) is 23.8 Å². The van der Waals surface area contributed by atoms with E-state index in [1.807, 2.05) is 42.5 Å². The van der Waals surface area contributed by atoms with Crippen LogP contribution in [0.3, 0.4) is 0 Å². The fraction of sp³-hybridized carbons (Fsp3) is 0.208. The van der Waals surface area contributed by atoms with Gasteiger partial charge in [-0.3, -0.25) is 0 Å². The molecule has 0 radical (unpaired) electrons. The van der Waals surface area contributed by atoms with Crippen molar-refractivity contribution in [2.24, 2.45) is 0 Å². The molecule has 2 atom stereocenters. The van der Waals surface area contributed by atoms with Gasteiger partial charge in [0.15, 0.2) is 0 Å². The van der Waals surface area contributed by atoms with E-state index in [9.17, 15) is 0 Å². The normalized spacial score (nSPS) is 20.0. The van der Waals surface area contributed by atoms with Gasteiger partial charge in [0.25, 0.3) is 0 Å². The van der Waals surface area contributed by atoms with Gasteiger partial charge in [0.1, 0.15) is 18.0 Å². The summed E-state index contributed by atoms with van der Waals surface area (Å²) in [5, 5.41) is 0.858. The van der Waals surface area contributed by atoms with Crippen LogP contribution in [-0.4, -0.2) is 40.2 Å². The van der Waals surface area contributed by atoms with E-state index in [2.05, 4.69) is 19.9 Å². The van der Waals surface area contributed by atoms with Crippen LogP contribution in [-0.2, 0) is 4.74 Å². The summed E-state index contributed by atoms with van der Waals surface area (Å²) in [5.74, 6) is 0.218. The number of hydrogen-bond acceptors (Lipinski definition) is 6. The summed E-state index contributed by atoms with van der Waals surface area (Å²) in [7, 11) is 0. The highest BCUT2D eigenvalue weighted by atomic mass is 19.1. The van der Waals surface area contributed by atoms with Gasteiger partial charge in [-0.1, -0.05) is 12.1 Å². The number of hydrogen-bond donors (Lipinski definition) is 1. The summed E-state index contributed by atoms with van der Waals surface area (Å²) >= 11 is 0. The minimum absolute atomic E-state index is 0.218. The summed E-state index contributed by atoms with van der Waals surface area (Å²) in [6.45, 7) is 1.42. The molecule has 7 heteroatoms. The zero-order valence-electron chi connectivity index (χ0n) is 16.7. The molecule has 0 unspecified atom stereocenters. The highest BCUT2D eigenvalue weighted by molar-refractivity contribution is 5.95. The third-order valence-corrected chi connectivity index (χ3v) is 6.18. The molecule has 4 heterocycles. The molecule has 0 saturated carbocycles. The molecule has 154 valence electrons. The Bertz CT molecular complexity index is 1310. The van der Waals surface area contributed by atoms with Gasteiger partial charge in [-0.15, -0.1) is 0 Å². The lowest BCUT2D eigenvalue weighted by atomic mass is 10.0. The Labute approximate surface area is 178 Å². The molecule has 2 bridgehead atoms. The zero-order chi connectivity index (χ0) is 20.9. The van der Waals surface area contributed by atoms with Gasteiger partial charge in [-0.05, 0) is 53.9 Å². The number of nitrogens with two attached hydrogens (primary N) is 1. The molecule has 2 aromatic heterocycles. The van der Waals surface area contributed by atoms with E-state index < -0.39 is 0 Å². The molecule has 0 amide bonds. The highest BCUT2D eigenvalue weighted by Crippen LogP contribution is 2.36. The fourth-order valence-electron chi connectivity index (χ4n) is 4.68. The maximum absolute atomic E-state index is 15.2. The number of fused-ring (bicyclic) bond motifs is 3. The average molecular weight is 413 g/mol. The molecular weight excluding hydrogens is 393 g/mol. The predicted octanol–water partition coefficient (Wildman–Crippen LogP) is 4.06. The largest absolute Gasteiger partial charge is 0.384 e. The number of rotatable bonds is 3. The Morgan fingerprint density at radius 3 is 2.61 bits per heavy atom. The van der Waals surface area contributed by atoms with Crippen LogP contribution in [0.4, 0.5) is 15.9 Å². The van der Waals surface area contributed by atoms with Crippen molar-refractivity contribution in [1.29, 1.82) is 0 Å². The van der Waals surface area contributed by atoms with Crippen LogP contribution in [0.25, 0.3) is 33.3 Å². The second kappa shape index (κ2) is 6.99. The van der Waals surface area contributed by atoms with Crippen molar-refractivity contribution in [3.63, 3.8) is 0 Å². The molecule has 31 heavy (non-hydrogen) atoms. The third kappa shape index (κ3) is 3.09. The first kappa shape index (κ1) is 18.2. The SMILES string of the molecule is Nc1cc(-c2ccc3ncnc(-c4ccc(N5C[C@@H]6C[C@H]5CO6)c(F)c4)c3c2)ccn1. The highest BCUT2D eigenvalue weighted by Gasteiger charge is 2.39. The molecule has 4 aromatic rings. The lowest BCUT2D eigenvalue weighted by Crippen LogP contribution is -2.37. The lowest BCUT2D eigenvalue weighted by Gasteiger charge is -2.29. The minimum Gasteiger partial charge on any atom is -0.384 e. The zero-order valence-corrected chi connectivity index (χ0v) is 16.7. The summed E-state index contributed by atoms with van der Waals surface area (Å²) < 4.78 is 20.8. The number of nitrogens with zero attached hydrogens (tertiary/aromatic N) is 4. The fourth-order valence-corrected chi connectivity index (χ4v) is 4.68. The molecule has 2 aromatic carbocycles. The topological polar surface area (TPSA) is 77.2 Å². The van der Waals surface area contributed by atoms with Crippen molar-refractivity contribution in [3.05, 3.63) is 66.9 Å². The Kier molecular flexibility index (Phi) is 4.11. The molecule has 0 aliphatic carbocycles. The first-order chi connectivity index (χ1) is 15.2. The van der Waals surface area contributed by atoms with E-state index in [0.717, 1.165) is 40.6 Å². The summed E-state index contributed by atoms with van der Waals surface area (Å²) in [5.41, 5.74) is 10.6. The van der Waals surface area contributed by atoms with Crippen LogP contribution in [0.2, 0.25) is 0 Å². The molecular formula is C24H20FN5O. The van der Waals surface area contributed by atoms with E-state index >= 15 is 4.39 Å². The minimum atomic E-state index is -0.241. The quantitative estimate of drug-likeness (QED) is 0.546. The molecule has 0 spiro atoms. The molecule has 2 aliphatic heterocycles. The molecule has 6 rings (SSSR count). The molecule has 2 aliphatic rings. The van der Waals surface area contributed by atoms with Gasteiger partial charge in [0.05, 0.1) is 35.7 Å². The molecule has 2 N–H and O–H groups in total. The van der Waals surface area contributed by atoms with Gasteiger partial charge in [-0.2, -0.15) is 0 Å². The van der Waals surface area contributed by atoms with E-state index in [1.165, 1.54) is 6.33 Å². The second-order valence-electron chi connectivity index (χ2n) is 8.09.